The van der Waals surface area contributed by atoms with Gasteiger partial charge in [0.1, 0.15) is 11.6 Å². The third-order valence-electron chi connectivity index (χ3n) is 1.59. The zero-order valence-corrected chi connectivity index (χ0v) is 8.79. The number of amidine groups is 1. The number of nitrogens with one attached hydrogen (secondary N) is 1. The molecule has 76 valence electrons. The van der Waals surface area contributed by atoms with Crippen molar-refractivity contribution in [2.45, 2.75) is 0 Å². The van der Waals surface area contributed by atoms with E-state index >= 15 is 0 Å². The quantitative estimate of drug-likeness (QED) is 0.304. The predicted molar refractivity (Wildman–Crippen MR) is 62.1 cm³/mol. The van der Waals surface area contributed by atoms with E-state index < -0.39 is 0 Å². The summed E-state index contributed by atoms with van der Waals surface area (Å²) in [4.78, 5) is 0. The summed E-state index contributed by atoms with van der Waals surface area (Å²) in [5, 5.41) is 3.91. The maximum Gasteiger partial charge on any atom is 0.143 e. The molecule has 0 aliphatic carbocycles. The summed E-state index contributed by atoms with van der Waals surface area (Å²) in [5.74, 6) is 1.57. The zero-order valence-electron chi connectivity index (χ0n) is 7.90. The van der Waals surface area contributed by atoms with Crippen LogP contribution in [0.5, 0.6) is 5.75 Å². The first-order valence-electron chi connectivity index (χ1n) is 4.10. The smallest absolute Gasteiger partial charge is 0.143 e. The molecule has 0 aliphatic rings. The molecule has 0 fully saturated rings. The minimum Gasteiger partial charge on any atom is -0.495 e. The molecule has 0 spiro atoms. The summed E-state index contributed by atoms with van der Waals surface area (Å²) in [6.07, 6.45) is 0. The number of hydrogen-bond acceptors (Lipinski definition) is 4. The van der Waals surface area contributed by atoms with Gasteiger partial charge in [-0.3, -0.25) is 5.43 Å². The van der Waals surface area contributed by atoms with Crippen LogP contribution in [0.25, 0.3) is 0 Å². The van der Waals surface area contributed by atoms with E-state index in [0.717, 1.165) is 11.4 Å². The normalized spacial score (nSPS) is 11.1. The topological polar surface area (TPSA) is 59.6 Å². The van der Waals surface area contributed by atoms with Gasteiger partial charge in [-0.1, -0.05) is 12.1 Å². The summed E-state index contributed by atoms with van der Waals surface area (Å²) in [6.45, 7) is 0. The first-order chi connectivity index (χ1) is 6.77. The Bertz CT molecular complexity index is 328. The van der Waals surface area contributed by atoms with Crippen LogP contribution in [-0.2, 0) is 0 Å². The van der Waals surface area contributed by atoms with Crippen molar-refractivity contribution in [2.75, 3.05) is 18.3 Å². The lowest BCUT2D eigenvalue weighted by molar-refractivity contribution is 0.416. The Labute approximate surface area is 88.6 Å². The number of nitrogens with zero attached hydrogens (tertiary/aromatic N) is 1. The molecule has 0 saturated heterocycles. The molecule has 0 heterocycles. The molecule has 0 amide bonds. The van der Waals surface area contributed by atoms with Gasteiger partial charge < -0.3 is 10.5 Å². The van der Waals surface area contributed by atoms with Crippen molar-refractivity contribution in [1.29, 1.82) is 0 Å². The summed E-state index contributed by atoms with van der Waals surface area (Å²) >= 11 is 3.98. The Morgan fingerprint density at radius 1 is 1.57 bits per heavy atom. The van der Waals surface area contributed by atoms with Crippen molar-refractivity contribution in [1.82, 2.24) is 0 Å². The van der Waals surface area contributed by atoms with Gasteiger partial charge in [-0.15, -0.1) is 0 Å². The molecule has 0 aromatic heterocycles. The van der Waals surface area contributed by atoms with Crippen molar-refractivity contribution in [3.63, 3.8) is 0 Å². The van der Waals surface area contributed by atoms with Gasteiger partial charge >= 0.3 is 0 Å². The molecule has 0 aliphatic heterocycles. The molecule has 0 saturated carbocycles. The molecule has 0 unspecified atom stereocenters. The number of anilines is 1. The fraction of sp³-hybridized carbons (Fsp3) is 0.222. The lowest BCUT2D eigenvalue weighted by Crippen LogP contribution is -2.15. The number of para-hydroxylation sites is 2. The molecular formula is C9H13N3OS. The highest BCUT2D eigenvalue weighted by Gasteiger charge is 1.98. The Kier molecular flexibility index (Phi) is 4.12. The van der Waals surface area contributed by atoms with Crippen LogP contribution in [0.4, 0.5) is 5.69 Å². The molecule has 4 nitrogen and oxygen atoms in total. The van der Waals surface area contributed by atoms with Gasteiger partial charge in [0.2, 0.25) is 0 Å². The minimum atomic E-state index is 0.419. The second kappa shape index (κ2) is 5.39. The molecule has 5 heteroatoms. The Balaban J connectivity index is 2.76. The van der Waals surface area contributed by atoms with E-state index in [1.165, 1.54) is 0 Å². The molecule has 1 rings (SSSR count). The summed E-state index contributed by atoms with van der Waals surface area (Å²) in [7, 11) is 1.60. The zero-order chi connectivity index (χ0) is 10.4. The maximum atomic E-state index is 5.48. The van der Waals surface area contributed by atoms with Gasteiger partial charge in [-0.2, -0.15) is 17.7 Å². The fourth-order valence-corrected chi connectivity index (χ4v) is 0.975. The molecule has 0 atom stereocenters. The van der Waals surface area contributed by atoms with Crippen LogP contribution in [0.1, 0.15) is 0 Å². The van der Waals surface area contributed by atoms with Gasteiger partial charge in [-0.25, -0.2) is 0 Å². The van der Waals surface area contributed by atoms with E-state index in [1.54, 1.807) is 7.11 Å². The Morgan fingerprint density at radius 2 is 2.29 bits per heavy atom. The molecule has 0 radical (unpaired) electrons. The highest BCUT2D eigenvalue weighted by atomic mass is 32.1. The van der Waals surface area contributed by atoms with E-state index in [-0.39, 0.29) is 0 Å². The van der Waals surface area contributed by atoms with E-state index in [9.17, 15) is 0 Å². The SMILES string of the molecule is COc1ccccc1N/N=C(/N)CS. The van der Waals surface area contributed by atoms with E-state index in [4.69, 9.17) is 10.5 Å². The first kappa shape index (κ1) is 10.7. The highest BCUT2D eigenvalue weighted by molar-refractivity contribution is 7.81. The fourth-order valence-electron chi connectivity index (χ4n) is 0.904. The number of nitrogens with two attached hydrogens (primary N) is 1. The molecule has 1 aromatic rings. The van der Waals surface area contributed by atoms with E-state index in [0.29, 0.717) is 11.6 Å². The second-order valence-electron chi connectivity index (χ2n) is 2.57. The number of benzene rings is 1. The lowest BCUT2D eigenvalue weighted by atomic mass is 10.3. The van der Waals surface area contributed by atoms with Crippen LogP contribution in [0.15, 0.2) is 29.4 Å². The van der Waals surface area contributed by atoms with Crippen molar-refractivity contribution in [2.24, 2.45) is 10.8 Å². The second-order valence-corrected chi connectivity index (χ2v) is 2.89. The molecule has 14 heavy (non-hydrogen) atoms. The minimum absolute atomic E-state index is 0.419. The average Bonchev–Trinajstić information content (AvgIpc) is 2.26. The molecule has 1 aromatic carbocycles. The predicted octanol–water partition coefficient (Wildman–Crippen LogP) is 1.31. The number of ether oxygens (including phenoxy) is 1. The van der Waals surface area contributed by atoms with Gasteiger partial charge in [0, 0.05) is 5.75 Å². The summed E-state index contributed by atoms with van der Waals surface area (Å²) in [5.41, 5.74) is 9.06. The third kappa shape index (κ3) is 2.85. The van der Waals surface area contributed by atoms with Crippen molar-refractivity contribution in [3.8, 4) is 5.75 Å². The van der Waals surface area contributed by atoms with Crippen LogP contribution in [-0.4, -0.2) is 18.7 Å². The monoisotopic (exact) mass is 211 g/mol. The van der Waals surface area contributed by atoms with Crippen LogP contribution in [0.2, 0.25) is 0 Å². The highest BCUT2D eigenvalue weighted by Crippen LogP contribution is 2.22. The van der Waals surface area contributed by atoms with Crippen LogP contribution >= 0.6 is 12.6 Å². The molecular weight excluding hydrogens is 198 g/mol. The Morgan fingerprint density at radius 3 is 2.93 bits per heavy atom. The van der Waals surface area contributed by atoms with Gasteiger partial charge in [0.05, 0.1) is 12.8 Å². The van der Waals surface area contributed by atoms with Crippen molar-refractivity contribution < 1.29 is 4.74 Å². The number of methoxy groups -OCH3 is 1. The number of hydrogen-bond donors (Lipinski definition) is 3. The largest absolute Gasteiger partial charge is 0.495 e. The van der Waals surface area contributed by atoms with E-state index in [1.807, 2.05) is 24.3 Å². The van der Waals surface area contributed by atoms with E-state index in [2.05, 4.69) is 23.2 Å². The van der Waals surface area contributed by atoms with Gasteiger partial charge in [0.15, 0.2) is 0 Å². The molecule has 0 bridgehead atoms. The summed E-state index contributed by atoms with van der Waals surface area (Å²) in [6, 6.07) is 7.47. The lowest BCUT2D eigenvalue weighted by Gasteiger charge is -2.06. The maximum absolute atomic E-state index is 5.48. The standard InChI is InChI=1S/C9H13N3OS/c1-13-8-5-3-2-4-7(8)11-12-9(10)6-14/h2-5,11,14H,6H2,1H3,(H2,10,12). The van der Waals surface area contributed by atoms with Crippen LogP contribution in [0, 0.1) is 0 Å². The third-order valence-corrected chi connectivity index (χ3v) is 1.91. The summed E-state index contributed by atoms with van der Waals surface area (Å²) < 4.78 is 5.12. The van der Waals surface area contributed by atoms with Crippen LogP contribution in [0.3, 0.4) is 0 Å². The number of thiol groups is 1. The number of rotatable bonds is 4. The van der Waals surface area contributed by atoms with Gasteiger partial charge in [-0.05, 0) is 12.1 Å². The number of hydrazone groups is 1. The van der Waals surface area contributed by atoms with Crippen molar-refractivity contribution in [3.05, 3.63) is 24.3 Å². The van der Waals surface area contributed by atoms with Crippen LogP contribution < -0.4 is 15.9 Å². The Hall–Kier alpha value is -1.36. The molecule has 3 N–H and O–H groups in total. The first-order valence-corrected chi connectivity index (χ1v) is 4.73. The van der Waals surface area contributed by atoms with Crippen molar-refractivity contribution >= 4 is 24.2 Å². The average molecular weight is 211 g/mol. The van der Waals surface area contributed by atoms with Gasteiger partial charge in [0.25, 0.3) is 0 Å².